The normalized spacial score (nSPS) is 31.7. The van der Waals surface area contributed by atoms with Crippen molar-refractivity contribution in [2.75, 3.05) is 32.8 Å². The van der Waals surface area contributed by atoms with E-state index in [9.17, 15) is 24.3 Å². The zero-order valence-corrected chi connectivity index (χ0v) is 24.9. The second kappa shape index (κ2) is 13.9. The summed E-state index contributed by atoms with van der Waals surface area (Å²) in [5.41, 5.74) is -0.465. The summed E-state index contributed by atoms with van der Waals surface area (Å²) in [6, 6.07) is 7.78. The van der Waals surface area contributed by atoms with Crippen molar-refractivity contribution in [2.45, 2.75) is 75.7 Å². The van der Waals surface area contributed by atoms with Crippen molar-refractivity contribution in [3.05, 3.63) is 60.2 Å². The fraction of sp³-hybridized carbons (Fsp3) is 0.576. The number of benzene rings is 1. The second-order valence-corrected chi connectivity index (χ2v) is 11.8. The highest BCUT2D eigenvalue weighted by molar-refractivity contribution is 6.00. The van der Waals surface area contributed by atoms with Crippen LogP contribution in [0, 0.1) is 11.8 Å². The van der Waals surface area contributed by atoms with Crippen LogP contribution in [0.25, 0.3) is 0 Å². The summed E-state index contributed by atoms with van der Waals surface area (Å²) in [7, 11) is 0. The number of allylic oxidation sites excluding steroid dienone is 1. The molecule has 0 aromatic heterocycles. The van der Waals surface area contributed by atoms with Crippen LogP contribution in [0.1, 0.15) is 63.5 Å². The molecule has 10 nitrogen and oxygen atoms in total. The molecular formula is C33H43N3O7. The van der Waals surface area contributed by atoms with Gasteiger partial charge in [-0.3, -0.25) is 19.2 Å². The van der Waals surface area contributed by atoms with Gasteiger partial charge in [-0.25, -0.2) is 0 Å². The topological polar surface area (TPSA) is 125 Å². The molecule has 0 radical (unpaired) electrons. The summed E-state index contributed by atoms with van der Waals surface area (Å²) >= 11 is 0. The molecule has 1 spiro atoms. The van der Waals surface area contributed by atoms with Gasteiger partial charge in [-0.2, -0.15) is 0 Å². The standard InChI is InChI=1S/C33H43N3O7/c1-2-3-18-35-19-10-5-9-15-26(38)42-22-24(23-13-7-4-8-14-23)34-30(39)27-25-16-17-33(43-25)28(27)31(40)36(29(33)32(35)41)20-11-6-12-21-37/h4-5,7-8,10,13-14,16-17,24-25,27-29,37H,2-3,6,9,11-12,15,18-22H2,1H3,(H,34,39)/b10-5-/t24-,25-,27+,28+,29-,33+/m1/s1. The molecule has 0 unspecified atom stereocenters. The largest absolute Gasteiger partial charge is 0.463 e. The molecule has 0 aliphatic carbocycles. The molecule has 4 heterocycles. The van der Waals surface area contributed by atoms with E-state index in [0.29, 0.717) is 45.3 Å². The third-order valence-electron chi connectivity index (χ3n) is 9.00. The van der Waals surface area contributed by atoms with Crippen LogP contribution < -0.4 is 5.32 Å². The minimum Gasteiger partial charge on any atom is -0.463 e. The number of hydrogen-bond acceptors (Lipinski definition) is 7. The van der Waals surface area contributed by atoms with E-state index in [1.54, 1.807) is 9.80 Å². The molecule has 5 bridgehead atoms. The Morgan fingerprint density at radius 1 is 1.00 bits per heavy atom. The average Bonchev–Trinajstić information content (AvgIpc) is 3.65. The van der Waals surface area contributed by atoms with Gasteiger partial charge in [0.05, 0.1) is 24.0 Å². The number of carbonyl (C=O) groups excluding carboxylic acids is 4. The molecule has 4 aliphatic heterocycles. The van der Waals surface area contributed by atoms with E-state index in [-0.39, 0.29) is 43.3 Å². The molecule has 2 saturated heterocycles. The van der Waals surface area contributed by atoms with Gasteiger partial charge in [0, 0.05) is 32.7 Å². The Balaban J connectivity index is 1.52. The van der Waals surface area contributed by atoms with Crippen LogP contribution in [-0.2, 0) is 28.7 Å². The van der Waals surface area contributed by atoms with E-state index < -0.39 is 35.6 Å². The van der Waals surface area contributed by atoms with Gasteiger partial charge in [0.15, 0.2) is 0 Å². The first kappa shape index (κ1) is 30.9. The maximum Gasteiger partial charge on any atom is 0.306 e. The summed E-state index contributed by atoms with van der Waals surface area (Å²) in [6.07, 6.45) is 11.0. The Morgan fingerprint density at radius 3 is 2.58 bits per heavy atom. The number of cyclic esters (lactones) is 1. The van der Waals surface area contributed by atoms with Crippen LogP contribution >= 0.6 is 0 Å². The van der Waals surface area contributed by atoms with Crippen LogP contribution in [0.4, 0.5) is 0 Å². The molecule has 2 fully saturated rings. The molecule has 3 amide bonds. The van der Waals surface area contributed by atoms with Gasteiger partial charge in [-0.05, 0) is 37.7 Å². The molecule has 2 N–H and O–H groups in total. The molecule has 4 aliphatic rings. The van der Waals surface area contributed by atoms with Crippen molar-refractivity contribution in [2.24, 2.45) is 11.8 Å². The lowest BCUT2D eigenvalue weighted by Gasteiger charge is -2.36. The third-order valence-corrected chi connectivity index (χ3v) is 9.00. The lowest BCUT2D eigenvalue weighted by atomic mass is 9.74. The monoisotopic (exact) mass is 593 g/mol. The van der Waals surface area contributed by atoms with Crippen molar-refractivity contribution in [3.8, 4) is 0 Å². The van der Waals surface area contributed by atoms with Gasteiger partial charge in [0.25, 0.3) is 0 Å². The molecular weight excluding hydrogens is 550 g/mol. The number of fused-ring (bicyclic) bond motifs is 2. The maximum atomic E-state index is 14.4. The van der Waals surface area contributed by atoms with E-state index in [2.05, 4.69) is 12.2 Å². The van der Waals surface area contributed by atoms with Crippen LogP contribution in [-0.4, -0.2) is 89.2 Å². The first-order valence-electron chi connectivity index (χ1n) is 15.6. The predicted octanol–water partition coefficient (Wildman–Crippen LogP) is 2.68. The van der Waals surface area contributed by atoms with Crippen LogP contribution in [0.5, 0.6) is 0 Å². The molecule has 1 aromatic rings. The lowest BCUT2D eigenvalue weighted by Crippen LogP contribution is -2.56. The molecule has 0 saturated carbocycles. The molecule has 1 aromatic carbocycles. The minimum atomic E-state index is -1.24. The zero-order chi connectivity index (χ0) is 30.4. The van der Waals surface area contributed by atoms with Crippen LogP contribution in [0.2, 0.25) is 0 Å². The van der Waals surface area contributed by atoms with Crippen molar-refractivity contribution >= 4 is 23.7 Å². The number of esters is 1. The van der Waals surface area contributed by atoms with Gasteiger partial charge in [0.2, 0.25) is 17.7 Å². The number of aliphatic hydroxyl groups is 1. The highest BCUT2D eigenvalue weighted by atomic mass is 16.5. The summed E-state index contributed by atoms with van der Waals surface area (Å²) in [5, 5.41) is 12.3. The quantitative estimate of drug-likeness (QED) is 0.256. The van der Waals surface area contributed by atoms with Gasteiger partial charge in [-0.1, -0.05) is 68.0 Å². The first-order chi connectivity index (χ1) is 20.9. The highest BCUT2D eigenvalue weighted by Gasteiger charge is 2.73. The fourth-order valence-electron chi connectivity index (χ4n) is 6.82. The maximum absolute atomic E-state index is 14.4. The number of likely N-dealkylation sites (tertiary alicyclic amines) is 1. The average molecular weight is 594 g/mol. The summed E-state index contributed by atoms with van der Waals surface area (Å²) in [5.74, 6) is -2.90. The van der Waals surface area contributed by atoms with Gasteiger partial charge >= 0.3 is 5.97 Å². The molecule has 232 valence electrons. The summed E-state index contributed by atoms with van der Waals surface area (Å²) in [4.78, 5) is 58.6. The Bertz CT molecular complexity index is 1230. The van der Waals surface area contributed by atoms with E-state index in [1.807, 2.05) is 54.6 Å². The number of rotatable bonds is 9. The molecule has 10 heteroatoms. The minimum absolute atomic E-state index is 0.0426. The van der Waals surface area contributed by atoms with Gasteiger partial charge in [0.1, 0.15) is 18.2 Å². The van der Waals surface area contributed by atoms with Crippen LogP contribution in [0.3, 0.4) is 0 Å². The number of amides is 3. The van der Waals surface area contributed by atoms with Crippen molar-refractivity contribution in [3.63, 3.8) is 0 Å². The van der Waals surface area contributed by atoms with E-state index in [1.165, 1.54) is 0 Å². The third kappa shape index (κ3) is 6.26. The first-order valence-corrected chi connectivity index (χ1v) is 15.6. The summed E-state index contributed by atoms with van der Waals surface area (Å²) in [6.45, 7) is 3.27. The smallest absolute Gasteiger partial charge is 0.306 e. The van der Waals surface area contributed by atoms with E-state index in [0.717, 1.165) is 18.4 Å². The summed E-state index contributed by atoms with van der Waals surface area (Å²) < 4.78 is 12.1. The molecule has 5 rings (SSSR count). The van der Waals surface area contributed by atoms with Gasteiger partial charge < -0.3 is 29.7 Å². The number of unbranched alkanes of at least 4 members (excludes halogenated alkanes) is 3. The second-order valence-electron chi connectivity index (χ2n) is 11.8. The number of carbonyl (C=O) groups is 4. The van der Waals surface area contributed by atoms with Crippen LogP contribution in [0.15, 0.2) is 54.6 Å². The Kier molecular flexibility index (Phi) is 9.97. The van der Waals surface area contributed by atoms with Crippen molar-refractivity contribution in [1.29, 1.82) is 0 Å². The zero-order valence-electron chi connectivity index (χ0n) is 24.9. The van der Waals surface area contributed by atoms with Crippen molar-refractivity contribution < 1.29 is 33.8 Å². The molecule has 43 heavy (non-hydrogen) atoms. The number of nitrogens with one attached hydrogen (secondary N) is 1. The molecule has 6 atom stereocenters. The Hall–Kier alpha value is -3.50. The van der Waals surface area contributed by atoms with E-state index in [4.69, 9.17) is 9.47 Å². The SMILES string of the molecule is CCCCN1C/C=C\CCC(=O)OC[C@H](c2ccccc2)NC(=O)[C@@H]2[C@H]3C(=O)N(CCCCCO)[C@H](C1=O)[C@]31C=C[C@H]2O1. The number of hydrogen-bond donors (Lipinski definition) is 2. The number of ether oxygens (including phenoxy) is 2. The number of nitrogens with zero attached hydrogens (tertiary/aromatic N) is 2. The Morgan fingerprint density at radius 2 is 1.81 bits per heavy atom. The number of aliphatic hydroxyl groups excluding tert-OH is 1. The van der Waals surface area contributed by atoms with Gasteiger partial charge in [-0.15, -0.1) is 0 Å². The van der Waals surface area contributed by atoms with E-state index >= 15 is 0 Å². The Labute approximate surface area is 253 Å². The highest BCUT2D eigenvalue weighted by Crippen LogP contribution is 2.55. The predicted molar refractivity (Wildman–Crippen MR) is 158 cm³/mol. The fourth-order valence-corrected chi connectivity index (χ4v) is 6.82. The lowest BCUT2D eigenvalue weighted by molar-refractivity contribution is -0.148. The van der Waals surface area contributed by atoms with Crippen molar-refractivity contribution in [1.82, 2.24) is 15.1 Å².